The largest absolute Gasteiger partial charge is 0.455 e. The highest BCUT2D eigenvalue weighted by Crippen LogP contribution is 2.56. The number of aliphatic hydroxyl groups excluding tert-OH is 1. The van der Waals surface area contributed by atoms with Crippen molar-refractivity contribution in [2.45, 2.75) is 94.9 Å². The summed E-state index contributed by atoms with van der Waals surface area (Å²) in [5.74, 6) is -3.65. The number of carbonyl (C=O) groups is 4. The highest BCUT2D eigenvalue weighted by molar-refractivity contribution is 5.99. The van der Waals surface area contributed by atoms with Gasteiger partial charge >= 0.3 is 5.97 Å². The van der Waals surface area contributed by atoms with E-state index < -0.39 is 59.6 Å². The van der Waals surface area contributed by atoms with Crippen LogP contribution in [0, 0.1) is 11.8 Å². The number of likely N-dealkylation sites (tertiary alicyclic amines) is 1. The number of esters is 1. The minimum atomic E-state index is -1.39. The summed E-state index contributed by atoms with van der Waals surface area (Å²) in [5.41, 5.74) is -0.736. The van der Waals surface area contributed by atoms with Crippen molar-refractivity contribution in [2.75, 3.05) is 26.9 Å². The molecule has 46 heavy (non-hydrogen) atoms. The van der Waals surface area contributed by atoms with Crippen LogP contribution in [0.4, 0.5) is 0 Å². The second kappa shape index (κ2) is 14.5. The van der Waals surface area contributed by atoms with E-state index in [0.717, 1.165) is 12.8 Å². The number of hydrogen-bond donors (Lipinski definition) is 2. The Morgan fingerprint density at radius 2 is 1.87 bits per heavy atom. The molecule has 0 radical (unpaired) electrons. The number of amides is 3. The topological polar surface area (TPSA) is 135 Å². The van der Waals surface area contributed by atoms with Gasteiger partial charge in [-0.2, -0.15) is 0 Å². The number of carbonyl (C=O) groups excluding carboxylic acids is 4. The van der Waals surface area contributed by atoms with Crippen LogP contribution in [0.25, 0.3) is 0 Å². The van der Waals surface area contributed by atoms with E-state index >= 15 is 0 Å². The minimum absolute atomic E-state index is 0.0779. The molecule has 0 aliphatic carbocycles. The van der Waals surface area contributed by atoms with Crippen molar-refractivity contribution < 1.29 is 38.5 Å². The maximum Gasteiger partial charge on any atom is 0.313 e. The van der Waals surface area contributed by atoms with Crippen LogP contribution < -0.4 is 5.32 Å². The van der Waals surface area contributed by atoms with E-state index in [9.17, 15) is 24.3 Å². The van der Waals surface area contributed by atoms with Gasteiger partial charge in [-0.05, 0) is 31.7 Å². The Morgan fingerprint density at radius 3 is 2.54 bits per heavy atom. The first-order valence-corrected chi connectivity index (χ1v) is 16.5. The van der Waals surface area contributed by atoms with Gasteiger partial charge in [0.1, 0.15) is 23.7 Å². The molecule has 1 aromatic carbocycles. The second-order valence-electron chi connectivity index (χ2n) is 12.7. The first-order chi connectivity index (χ1) is 22.2. The van der Waals surface area contributed by atoms with E-state index in [-0.39, 0.29) is 44.0 Å². The zero-order valence-corrected chi connectivity index (χ0v) is 27.2. The van der Waals surface area contributed by atoms with Crippen molar-refractivity contribution in [3.8, 4) is 0 Å². The smallest absolute Gasteiger partial charge is 0.313 e. The summed E-state index contributed by atoms with van der Waals surface area (Å²) in [6, 6.07) is 6.54. The number of benzene rings is 1. The van der Waals surface area contributed by atoms with Crippen LogP contribution in [0.1, 0.15) is 64.5 Å². The van der Waals surface area contributed by atoms with E-state index in [4.69, 9.17) is 14.2 Å². The van der Waals surface area contributed by atoms with Gasteiger partial charge in [0, 0.05) is 26.1 Å². The van der Waals surface area contributed by atoms with Crippen LogP contribution >= 0.6 is 0 Å². The molecule has 5 rings (SSSR count). The summed E-state index contributed by atoms with van der Waals surface area (Å²) in [5, 5.41) is 13.4. The lowest BCUT2D eigenvalue weighted by Gasteiger charge is -2.40. The summed E-state index contributed by atoms with van der Waals surface area (Å²) in [6.45, 7) is 5.90. The van der Waals surface area contributed by atoms with Gasteiger partial charge in [0.25, 0.3) is 0 Å². The third-order valence-corrected chi connectivity index (χ3v) is 9.85. The van der Waals surface area contributed by atoms with Crippen molar-refractivity contribution in [1.29, 1.82) is 0 Å². The SMILES string of the molecule is CCCC(C)N1C/C=C\CCC(=O)N[C@H](COC)[C@@H](c2ccccc2)OC(=O)[C@@H]2[C@@H]3C=C[C@]4(O3)[C@H](C1=O)N([C@@H](CC)CO)C(=O)[C@@H]24. The number of rotatable bonds is 9. The third-order valence-electron chi connectivity index (χ3n) is 9.85. The Hall–Kier alpha value is -3.54. The molecule has 5 bridgehead atoms. The highest BCUT2D eigenvalue weighted by Gasteiger charge is 2.74. The van der Waals surface area contributed by atoms with Gasteiger partial charge in [-0.1, -0.05) is 74.9 Å². The molecule has 3 amide bonds. The lowest BCUT2D eigenvalue weighted by molar-refractivity contribution is -0.163. The molecule has 9 atom stereocenters. The first-order valence-electron chi connectivity index (χ1n) is 16.5. The molecule has 2 fully saturated rings. The molecule has 4 aliphatic heterocycles. The van der Waals surface area contributed by atoms with Gasteiger partial charge in [-0.15, -0.1) is 0 Å². The van der Waals surface area contributed by atoms with Crippen molar-refractivity contribution in [2.24, 2.45) is 11.8 Å². The van der Waals surface area contributed by atoms with Crippen LogP contribution in [-0.4, -0.2) is 101 Å². The second-order valence-corrected chi connectivity index (χ2v) is 12.7. The molecule has 4 heterocycles. The lowest BCUT2D eigenvalue weighted by Crippen LogP contribution is -2.59. The third kappa shape index (κ3) is 6.12. The molecule has 250 valence electrons. The van der Waals surface area contributed by atoms with E-state index in [1.165, 1.54) is 12.0 Å². The van der Waals surface area contributed by atoms with E-state index in [2.05, 4.69) is 5.32 Å². The average Bonchev–Trinajstić information content (AvgIpc) is 3.69. The molecule has 1 unspecified atom stereocenters. The number of fused-ring (bicyclic) bond motifs is 2. The van der Waals surface area contributed by atoms with Crippen LogP contribution in [0.5, 0.6) is 0 Å². The fraction of sp³-hybridized carbons (Fsp3) is 0.600. The van der Waals surface area contributed by atoms with Crippen molar-refractivity contribution in [3.63, 3.8) is 0 Å². The summed E-state index contributed by atoms with van der Waals surface area (Å²) in [7, 11) is 1.51. The summed E-state index contributed by atoms with van der Waals surface area (Å²) >= 11 is 0. The molecule has 4 aliphatic rings. The van der Waals surface area contributed by atoms with Crippen molar-refractivity contribution >= 4 is 23.7 Å². The zero-order valence-electron chi connectivity index (χ0n) is 27.2. The van der Waals surface area contributed by atoms with E-state index in [1.54, 1.807) is 17.1 Å². The molecule has 11 heteroatoms. The van der Waals surface area contributed by atoms with Crippen molar-refractivity contribution in [1.82, 2.24) is 15.1 Å². The number of nitrogens with zero attached hydrogens (tertiary/aromatic N) is 2. The van der Waals surface area contributed by atoms with Crippen LogP contribution in [0.3, 0.4) is 0 Å². The minimum Gasteiger partial charge on any atom is -0.455 e. The molecule has 2 saturated heterocycles. The molecule has 0 saturated carbocycles. The van der Waals surface area contributed by atoms with Gasteiger partial charge in [-0.3, -0.25) is 19.2 Å². The summed E-state index contributed by atoms with van der Waals surface area (Å²) in [6.07, 6.45) is 8.22. The van der Waals surface area contributed by atoms with Gasteiger partial charge < -0.3 is 34.4 Å². The number of ether oxygens (including phenoxy) is 3. The Labute approximate surface area is 270 Å². The lowest BCUT2D eigenvalue weighted by atomic mass is 9.74. The monoisotopic (exact) mass is 637 g/mol. The maximum absolute atomic E-state index is 14.7. The van der Waals surface area contributed by atoms with Gasteiger partial charge in [0.05, 0.1) is 37.3 Å². The number of cyclic esters (lactones) is 1. The quantitative estimate of drug-likeness (QED) is 0.312. The van der Waals surface area contributed by atoms with E-state index in [0.29, 0.717) is 18.4 Å². The molecule has 0 aromatic heterocycles. The molecule has 1 spiro atoms. The standard InChI is InChI=1S/C35H47N3O8/c1-5-13-22(3)37-19-12-8-11-16-27(40)36-25(21-44-4)30(23-14-9-7-10-15-23)45-34(43)28-26-17-18-35(46-26)29(28)32(41)38(24(6-2)20-39)31(35)33(37)42/h7-10,12,14-15,17-18,22,24-26,28-31,39H,5-6,11,13,16,19-21H2,1-4H3,(H,36,40)/b12-8-/t22?,24-,25+,26-,28+,29+,30+,31-,35+/m0/s1. The first kappa shape index (κ1) is 33.8. The fourth-order valence-electron chi connectivity index (χ4n) is 7.59. The van der Waals surface area contributed by atoms with E-state index in [1.807, 2.05) is 63.3 Å². The van der Waals surface area contributed by atoms with Crippen LogP contribution in [0.2, 0.25) is 0 Å². The Bertz CT molecular complexity index is 1330. The van der Waals surface area contributed by atoms with Gasteiger partial charge in [-0.25, -0.2) is 0 Å². The Morgan fingerprint density at radius 1 is 1.11 bits per heavy atom. The number of hydrogen-bond acceptors (Lipinski definition) is 8. The predicted octanol–water partition coefficient (Wildman–Crippen LogP) is 2.69. The summed E-state index contributed by atoms with van der Waals surface area (Å²) < 4.78 is 18.2. The molecule has 2 N–H and O–H groups in total. The molecular formula is C35H47N3O8. The summed E-state index contributed by atoms with van der Waals surface area (Å²) in [4.78, 5) is 59.8. The number of methoxy groups -OCH3 is 1. The molecule has 1 aromatic rings. The zero-order chi connectivity index (χ0) is 33.0. The number of nitrogens with one attached hydrogen (secondary N) is 1. The van der Waals surface area contributed by atoms with Crippen LogP contribution in [0.15, 0.2) is 54.6 Å². The fourth-order valence-corrected chi connectivity index (χ4v) is 7.59. The molecule has 11 nitrogen and oxygen atoms in total. The normalized spacial score (nSPS) is 33.5. The average molecular weight is 638 g/mol. The predicted molar refractivity (Wildman–Crippen MR) is 169 cm³/mol. The maximum atomic E-state index is 14.7. The Kier molecular flexibility index (Phi) is 10.6. The number of allylic oxidation sites excluding steroid dienone is 1. The Balaban J connectivity index is 1.62. The van der Waals surface area contributed by atoms with Gasteiger partial charge in [0.2, 0.25) is 17.7 Å². The highest BCUT2D eigenvalue weighted by atomic mass is 16.6. The van der Waals surface area contributed by atoms with Crippen molar-refractivity contribution in [3.05, 3.63) is 60.2 Å². The van der Waals surface area contributed by atoms with Gasteiger partial charge in [0.15, 0.2) is 0 Å². The number of aliphatic hydroxyl groups is 1. The molecular weight excluding hydrogens is 590 g/mol. The van der Waals surface area contributed by atoms with Crippen LogP contribution in [-0.2, 0) is 33.4 Å².